The number of hydrogen-bond acceptors (Lipinski definition) is 3. The van der Waals surface area contributed by atoms with Crippen LogP contribution in [-0.2, 0) is 11.3 Å². The van der Waals surface area contributed by atoms with Gasteiger partial charge in [-0.1, -0.05) is 18.2 Å². The highest BCUT2D eigenvalue weighted by molar-refractivity contribution is 5.94. The Morgan fingerprint density at radius 1 is 1.15 bits per heavy atom. The summed E-state index contributed by atoms with van der Waals surface area (Å²) in [6.45, 7) is 1.86. The maximum atomic E-state index is 13.5. The fourth-order valence-corrected chi connectivity index (χ4v) is 3.44. The predicted octanol–water partition coefficient (Wildman–Crippen LogP) is 4.19. The second-order valence-electron chi connectivity index (χ2n) is 7.27. The summed E-state index contributed by atoms with van der Waals surface area (Å²) < 4.78 is 25.0. The molecule has 0 aromatic heterocycles. The minimum Gasteiger partial charge on any atom is -0.491 e. The van der Waals surface area contributed by atoms with Crippen LogP contribution in [0.5, 0.6) is 5.75 Å². The molecule has 2 aromatic carbocycles. The number of rotatable bonds is 7. The summed E-state index contributed by atoms with van der Waals surface area (Å²) in [6, 6.07) is 14.0. The lowest BCUT2D eigenvalue weighted by Gasteiger charge is -2.23. The van der Waals surface area contributed by atoms with E-state index >= 15 is 0 Å². The second kappa shape index (κ2) is 8.09. The van der Waals surface area contributed by atoms with Gasteiger partial charge < -0.3 is 14.4 Å². The maximum absolute atomic E-state index is 13.5. The molecule has 2 aliphatic rings. The van der Waals surface area contributed by atoms with Crippen molar-refractivity contribution < 1.29 is 18.7 Å². The zero-order valence-electron chi connectivity index (χ0n) is 15.3. The predicted molar refractivity (Wildman–Crippen MR) is 100 cm³/mol. The van der Waals surface area contributed by atoms with Gasteiger partial charge in [0, 0.05) is 24.8 Å². The highest BCUT2D eigenvalue weighted by atomic mass is 19.1. The first-order valence-electron chi connectivity index (χ1n) is 9.59. The Hall–Kier alpha value is -2.40. The van der Waals surface area contributed by atoms with E-state index in [1.165, 1.54) is 12.1 Å². The van der Waals surface area contributed by atoms with Crippen LogP contribution in [0.25, 0.3) is 0 Å². The fraction of sp³-hybridized carbons (Fsp3) is 0.409. The molecule has 4 rings (SSSR count). The summed E-state index contributed by atoms with van der Waals surface area (Å²) in [6.07, 6.45) is 4.29. The van der Waals surface area contributed by atoms with Gasteiger partial charge in [-0.25, -0.2) is 4.39 Å². The van der Waals surface area contributed by atoms with Crippen LogP contribution < -0.4 is 4.74 Å². The lowest BCUT2D eigenvalue weighted by atomic mass is 10.1. The normalized spacial score (nSPS) is 19.1. The molecule has 0 radical (unpaired) electrons. The zero-order chi connectivity index (χ0) is 18.6. The second-order valence-corrected chi connectivity index (χ2v) is 7.27. The molecule has 1 atom stereocenters. The van der Waals surface area contributed by atoms with Crippen molar-refractivity contribution in [2.24, 2.45) is 0 Å². The van der Waals surface area contributed by atoms with Crippen molar-refractivity contribution in [3.63, 3.8) is 0 Å². The van der Waals surface area contributed by atoms with Gasteiger partial charge in [-0.15, -0.1) is 0 Å². The van der Waals surface area contributed by atoms with Crippen molar-refractivity contribution in [3.05, 3.63) is 65.5 Å². The highest BCUT2D eigenvalue weighted by Gasteiger charge is 2.33. The molecule has 1 heterocycles. The average Bonchev–Trinajstić information content (AvgIpc) is 3.39. The van der Waals surface area contributed by atoms with E-state index in [4.69, 9.17) is 9.47 Å². The van der Waals surface area contributed by atoms with Crippen LogP contribution in [0.2, 0.25) is 0 Å². The lowest BCUT2D eigenvalue weighted by Crippen LogP contribution is -2.32. The fourth-order valence-electron chi connectivity index (χ4n) is 3.44. The molecule has 1 aliphatic heterocycles. The van der Waals surface area contributed by atoms with Crippen molar-refractivity contribution in [2.75, 3.05) is 13.2 Å². The number of amides is 1. The molecule has 0 N–H and O–H groups in total. The summed E-state index contributed by atoms with van der Waals surface area (Å²) in [7, 11) is 0. The minimum atomic E-state index is -0.388. The first-order chi connectivity index (χ1) is 13.2. The van der Waals surface area contributed by atoms with Gasteiger partial charge in [0.05, 0.1) is 6.10 Å². The van der Waals surface area contributed by atoms with Crippen LogP contribution in [0.15, 0.2) is 48.5 Å². The maximum Gasteiger partial charge on any atom is 0.254 e. The summed E-state index contributed by atoms with van der Waals surface area (Å²) in [5.74, 6) is 0.278. The first-order valence-corrected chi connectivity index (χ1v) is 9.59. The minimum absolute atomic E-state index is 0.123. The molecular weight excluding hydrogens is 345 g/mol. The van der Waals surface area contributed by atoms with Crippen LogP contribution >= 0.6 is 0 Å². The van der Waals surface area contributed by atoms with E-state index in [1.807, 2.05) is 29.2 Å². The lowest BCUT2D eigenvalue weighted by molar-refractivity contribution is 0.0678. The molecule has 4 nitrogen and oxygen atoms in total. The van der Waals surface area contributed by atoms with E-state index in [9.17, 15) is 9.18 Å². The van der Waals surface area contributed by atoms with E-state index < -0.39 is 0 Å². The quantitative estimate of drug-likeness (QED) is 0.735. The van der Waals surface area contributed by atoms with Crippen molar-refractivity contribution in [2.45, 2.75) is 44.4 Å². The molecule has 27 heavy (non-hydrogen) atoms. The van der Waals surface area contributed by atoms with Gasteiger partial charge >= 0.3 is 0 Å². The number of carbonyl (C=O) groups is 1. The van der Waals surface area contributed by atoms with E-state index in [1.54, 1.807) is 12.1 Å². The smallest absolute Gasteiger partial charge is 0.254 e. The molecule has 2 aromatic rings. The Bertz CT molecular complexity index is 800. The number of nitrogens with zero attached hydrogens (tertiary/aromatic N) is 1. The van der Waals surface area contributed by atoms with Gasteiger partial charge in [-0.2, -0.15) is 0 Å². The van der Waals surface area contributed by atoms with Crippen LogP contribution in [0.3, 0.4) is 0 Å². The van der Waals surface area contributed by atoms with Gasteiger partial charge in [0.15, 0.2) is 0 Å². The largest absolute Gasteiger partial charge is 0.491 e. The third kappa shape index (κ3) is 4.66. The number of carbonyl (C=O) groups excluding carboxylic acids is 1. The summed E-state index contributed by atoms with van der Waals surface area (Å²) >= 11 is 0. The monoisotopic (exact) mass is 369 g/mol. The third-order valence-corrected chi connectivity index (χ3v) is 5.03. The van der Waals surface area contributed by atoms with Gasteiger partial charge in [-0.05, 0) is 61.6 Å². The molecule has 5 heteroatoms. The van der Waals surface area contributed by atoms with Crippen molar-refractivity contribution >= 4 is 5.91 Å². The van der Waals surface area contributed by atoms with Crippen molar-refractivity contribution in [3.8, 4) is 5.75 Å². The molecule has 1 unspecified atom stereocenters. The molecule has 0 spiro atoms. The summed E-state index contributed by atoms with van der Waals surface area (Å²) in [4.78, 5) is 14.7. The van der Waals surface area contributed by atoms with E-state index in [2.05, 4.69) is 0 Å². The SMILES string of the molecule is O=C(c1cccc(F)c1)N(Cc1cccc(OCC2CCCO2)c1)C1CC1. The van der Waals surface area contributed by atoms with Crippen LogP contribution in [0, 0.1) is 5.82 Å². The van der Waals surface area contributed by atoms with Crippen molar-refractivity contribution in [1.82, 2.24) is 4.90 Å². The highest BCUT2D eigenvalue weighted by Crippen LogP contribution is 2.30. The molecular formula is C22H24FNO3. The molecule has 1 amide bonds. The summed E-state index contributed by atoms with van der Waals surface area (Å²) in [5.41, 5.74) is 1.41. The topological polar surface area (TPSA) is 38.8 Å². The number of benzene rings is 2. The van der Waals surface area contributed by atoms with Crippen molar-refractivity contribution in [1.29, 1.82) is 0 Å². The van der Waals surface area contributed by atoms with E-state index in [0.717, 1.165) is 43.6 Å². The Morgan fingerprint density at radius 2 is 2.00 bits per heavy atom. The molecule has 2 fully saturated rings. The van der Waals surface area contributed by atoms with Crippen LogP contribution in [-0.4, -0.2) is 36.2 Å². The van der Waals surface area contributed by atoms with Gasteiger partial charge in [0.25, 0.3) is 5.91 Å². The zero-order valence-corrected chi connectivity index (χ0v) is 15.3. The third-order valence-electron chi connectivity index (χ3n) is 5.03. The number of hydrogen-bond donors (Lipinski definition) is 0. The molecule has 0 bridgehead atoms. The number of halogens is 1. The Kier molecular flexibility index (Phi) is 5.39. The van der Waals surface area contributed by atoms with Gasteiger partial charge in [0.1, 0.15) is 18.2 Å². The molecule has 142 valence electrons. The standard InChI is InChI=1S/C22H24FNO3/c23-18-6-2-5-17(13-18)22(25)24(19-9-10-19)14-16-4-1-7-20(12-16)27-15-21-8-3-11-26-21/h1-2,4-7,12-13,19,21H,3,8-11,14-15H2. The molecule has 1 saturated heterocycles. The summed E-state index contributed by atoms with van der Waals surface area (Å²) in [5, 5.41) is 0. The number of ether oxygens (including phenoxy) is 2. The molecule has 1 saturated carbocycles. The first kappa shape index (κ1) is 18.0. The Balaban J connectivity index is 1.44. The van der Waals surface area contributed by atoms with Crippen LogP contribution in [0.1, 0.15) is 41.6 Å². The van der Waals surface area contributed by atoms with E-state index in [0.29, 0.717) is 18.7 Å². The van der Waals surface area contributed by atoms with Gasteiger partial charge in [-0.3, -0.25) is 4.79 Å². The average molecular weight is 369 g/mol. The van der Waals surface area contributed by atoms with Gasteiger partial charge in [0.2, 0.25) is 0 Å². The Labute approximate surface area is 158 Å². The molecule has 1 aliphatic carbocycles. The van der Waals surface area contributed by atoms with Crippen LogP contribution in [0.4, 0.5) is 4.39 Å². The van der Waals surface area contributed by atoms with E-state index in [-0.39, 0.29) is 23.9 Å². The Morgan fingerprint density at radius 3 is 2.74 bits per heavy atom.